The highest BCUT2D eigenvalue weighted by Crippen LogP contribution is 2.37. The maximum Gasteiger partial charge on any atom is 0.164 e. The van der Waals surface area contributed by atoms with E-state index in [0.29, 0.717) is 33.9 Å². The molecule has 3 nitrogen and oxygen atoms in total. The topological polar surface area (TPSA) is 38.7 Å². The Hall–Kier alpha value is -7.23. The maximum absolute atomic E-state index is 9.00. The summed E-state index contributed by atoms with van der Waals surface area (Å²) >= 11 is 0. The summed E-state index contributed by atoms with van der Waals surface area (Å²) in [7, 11) is 0. The Kier molecular flexibility index (Phi) is 5.29. The largest absolute Gasteiger partial charge is 0.208 e. The normalized spacial score (nSPS) is 14.4. The lowest BCUT2D eigenvalue weighted by Crippen LogP contribution is -2.01. The summed E-state index contributed by atoms with van der Waals surface area (Å²) in [6.07, 6.45) is 0. The Morgan fingerprint density at radius 2 is 0.889 bits per heavy atom. The molecule has 0 N–H and O–H groups in total. The molecule has 0 radical (unpaired) electrons. The van der Waals surface area contributed by atoms with Crippen LogP contribution in [0.15, 0.2) is 200 Å². The fraction of sp³-hybridized carbons (Fsp3) is 0. The molecule has 0 aliphatic heterocycles. The summed E-state index contributed by atoms with van der Waals surface area (Å²) in [5.74, 6) is 0.937. The fourth-order valence-corrected chi connectivity index (χ4v) is 6.90. The van der Waals surface area contributed by atoms with Gasteiger partial charge in [0.1, 0.15) is 0 Å². The van der Waals surface area contributed by atoms with Gasteiger partial charge in [-0.25, -0.2) is 15.0 Å². The first kappa shape index (κ1) is 21.3. The predicted molar refractivity (Wildman–Crippen MR) is 225 cm³/mol. The SMILES string of the molecule is [2H]c1c([2H])c([2H])c(-c2ccc3cc(-c4nc(-c5cccc(-c6c([2H])c([2H])c([2H])c7c([2H])c([2H])c([2H])c([2H])c67)c5)nc(-c5ccc(-c6ccccc6)c6ccccc56)n4)ccc3c2)c([2H])c1[2H]. The van der Waals surface area contributed by atoms with Crippen molar-refractivity contribution in [1.29, 1.82) is 0 Å². The Morgan fingerprint density at radius 1 is 0.296 bits per heavy atom. The zero-order valence-corrected chi connectivity index (χ0v) is 28.5. The van der Waals surface area contributed by atoms with Crippen LogP contribution in [-0.4, -0.2) is 15.0 Å². The molecule has 1 heterocycles. The molecule has 10 aromatic rings. The lowest BCUT2D eigenvalue weighted by Gasteiger charge is -2.14. The number of nitrogens with zero attached hydrogens (tertiary/aromatic N) is 3. The first-order valence-electron chi connectivity index (χ1n) is 23.3. The summed E-state index contributed by atoms with van der Waals surface area (Å²) in [6.45, 7) is 0. The van der Waals surface area contributed by atoms with Crippen molar-refractivity contribution >= 4 is 32.3 Å². The number of rotatable bonds is 6. The molecule has 0 saturated heterocycles. The Balaban J connectivity index is 1.18. The highest BCUT2D eigenvalue weighted by atomic mass is 15.0. The number of aromatic nitrogens is 3. The van der Waals surface area contributed by atoms with Crippen molar-refractivity contribution in [3.8, 4) is 67.5 Å². The molecule has 0 amide bonds. The molecular weight excluding hydrogens is 655 g/mol. The number of benzene rings is 9. The van der Waals surface area contributed by atoms with Crippen LogP contribution < -0.4 is 0 Å². The molecule has 0 fully saturated rings. The third-order valence-electron chi connectivity index (χ3n) is 9.49. The van der Waals surface area contributed by atoms with Gasteiger partial charge in [0.05, 0.1) is 16.4 Å². The molecule has 252 valence electrons. The van der Waals surface area contributed by atoms with Crippen LogP contribution in [0.3, 0.4) is 0 Å². The second kappa shape index (κ2) is 13.4. The van der Waals surface area contributed by atoms with Crippen LogP contribution in [0.5, 0.6) is 0 Å². The lowest BCUT2D eigenvalue weighted by atomic mass is 9.94. The molecular formula is C51H33N3. The molecule has 54 heavy (non-hydrogen) atoms. The first-order chi connectivity index (χ1) is 31.7. The van der Waals surface area contributed by atoms with Crippen molar-refractivity contribution in [2.45, 2.75) is 0 Å². The average Bonchev–Trinajstić information content (AvgIpc) is 3.35. The van der Waals surface area contributed by atoms with Gasteiger partial charge in [-0.15, -0.1) is 0 Å². The van der Waals surface area contributed by atoms with Gasteiger partial charge in [-0.2, -0.15) is 0 Å². The molecule has 1 aromatic heterocycles. The smallest absolute Gasteiger partial charge is 0.164 e. The van der Waals surface area contributed by atoms with E-state index in [1.165, 1.54) is 0 Å². The second-order valence-electron chi connectivity index (χ2n) is 12.7. The van der Waals surface area contributed by atoms with E-state index in [-0.39, 0.29) is 45.9 Å². The Morgan fingerprint density at radius 3 is 1.70 bits per heavy atom. The van der Waals surface area contributed by atoms with E-state index in [1.807, 2.05) is 72.8 Å². The Bertz CT molecular complexity index is 3650. The standard InChI is InChI=1S/C51H33N3/c1-3-13-34(14-4-1)37-25-26-39-32-42(28-27-38(39)31-37)50-52-49(41-20-11-19-40(33-41)44-24-12-18-36-17-7-8-21-43(36)44)53-51(54-50)48-30-29-45(35-15-5-2-6-16-35)46-22-9-10-23-47(46)48/h1-33H/i1D,3D,4D,7D,8D,12D,13D,14D,17D,18D,21D,24D. The minimum Gasteiger partial charge on any atom is -0.208 e. The van der Waals surface area contributed by atoms with Gasteiger partial charge in [0.2, 0.25) is 0 Å². The maximum atomic E-state index is 9.00. The van der Waals surface area contributed by atoms with Crippen LogP contribution in [0.4, 0.5) is 0 Å². The van der Waals surface area contributed by atoms with E-state index in [0.717, 1.165) is 38.2 Å². The minimum atomic E-state index is -0.532. The lowest BCUT2D eigenvalue weighted by molar-refractivity contribution is 1.08. The molecule has 0 unspecified atom stereocenters. The molecule has 10 rings (SSSR count). The van der Waals surface area contributed by atoms with Gasteiger partial charge in [-0.05, 0) is 90.0 Å². The van der Waals surface area contributed by atoms with Crippen molar-refractivity contribution in [2.75, 3.05) is 0 Å². The van der Waals surface area contributed by atoms with Crippen molar-refractivity contribution < 1.29 is 16.4 Å². The van der Waals surface area contributed by atoms with Crippen molar-refractivity contribution in [3.63, 3.8) is 0 Å². The monoisotopic (exact) mass is 699 g/mol. The van der Waals surface area contributed by atoms with E-state index < -0.39 is 54.4 Å². The van der Waals surface area contributed by atoms with Crippen molar-refractivity contribution in [1.82, 2.24) is 15.0 Å². The van der Waals surface area contributed by atoms with Crippen LogP contribution in [0, 0.1) is 0 Å². The van der Waals surface area contributed by atoms with Crippen LogP contribution in [0.25, 0.3) is 99.9 Å². The van der Waals surface area contributed by atoms with Crippen LogP contribution >= 0.6 is 0 Å². The first-order valence-corrected chi connectivity index (χ1v) is 17.3. The summed E-state index contributed by atoms with van der Waals surface area (Å²) in [6, 6.07) is 34.8. The zero-order valence-electron chi connectivity index (χ0n) is 40.5. The predicted octanol–water partition coefficient (Wildman–Crippen LogP) is 13.3. The minimum absolute atomic E-state index is 0.0305. The van der Waals surface area contributed by atoms with Crippen molar-refractivity contribution in [2.24, 2.45) is 0 Å². The van der Waals surface area contributed by atoms with Gasteiger partial charge >= 0.3 is 0 Å². The third-order valence-corrected chi connectivity index (χ3v) is 9.49. The number of hydrogen-bond donors (Lipinski definition) is 0. The quantitative estimate of drug-likeness (QED) is 0.173. The van der Waals surface area contributed by atoms with Crippen LogP contribution in [0.1, 0.15) is 16.4 Å². The molecule has 0 atom stereocenters. The summed E-state index contributed by atoms with van der Waals surface area (Å²) in [4.78, 5) is 15.2. The Labute approximate surface area is 330 Å². The zero-order chi connectivity index (χ0) is 46.3. The van der Waals surface area contributed by atoms with E-state index in [1.54, 1.807) is 36.4 Å². The van der Waals surface area contributed by atoms with Gasteiger partial charge in [0.25, 0.3) is 0 Å². The molecule has 3 heteroatoms. The van der Waals surface area contributed by atoms with Crippen molar-refractivity contribution in [3.05, 3.63) is 200 Å². The molecule has 0 aliphatic carbocycles. The van der Waals surface area contributed by atoms with Gasteiger partial charge in [-0.3, -0.25) is 0 Å². The fourth-order valence-electron chi connectivity index (χ4n) is 6.90. The highest BCUT2D eigenvalue weighted by Gasteiger charge is 2.17. The van der Waals surface area contributed by atoms with E-state index in [2.05, 4.69) is 18.2 Å². The second-order valence-corrected chi connectivity index (χ2v) is 12.7. The summed E-state index contributed by atoms with van der Waals surface area (Å²) < 4.78 is 102. The van der Waals surface area contributed by atoms with E-state index >= 15 is 0 Å². The van der Waals surface area contributed by atoms with Crippen LogP contribution in [0.2, 0.25) is 0 Å². The molecule has 0 saturated carbocycles. The third kappa shape index (κ3) is 5.78. The van der Waals surface area contributed by atoms with Gasteiger partial charge < -0.3 is 0 Å². The molecule has 0 spiro atoms. The van der Waals surface area contributed by atoms with Gasteiger partial charge in [0, 0.05) is 16.7 Å². The van der Waals surface area contributed by atoms with E-state index in [4.69, 9.17) is 31.4 Å². The molecule has 0 bridgehead atoms. The summed E-state index contributed by atoms with van der Waals surface area (Å²) in [5, 5.41) is 3.22. The number of hydrogen-bond acceptors (Lipinski definition) is 3. The van der Waals surface area contributed by atoms with Gasteiger partial charge in [-0.1, -0.05) is 176 Å². The van der Waals surface area contributed by atoms with Crippen LogP contribution in [-0.2, 0) is 0 Å². The number of fused-ring (bicyclic) bond motifs is 3. The summed E-state index contributed by atoms with van der Waals surface area (Å²) in [5.41, 5.74) is 4.93. The van der Waals surface area contributed by atoms with E-state index in [9.17, 15) is 0 Å². The average molecular weight is 700 g/mol. The highest BCUT2D eigenvalue weighted by molar-refractivity contribution is 6.04. The molecule has 0 aliphatic rings. The van der Waals surface area contributed by atoms with Gasteiger partial charge in [0.15, 0.2) is 17.5 Å². The molecule has 9 aromatic carbocycles.